The maximum absolute atomic E-state index is 14.0. The number of ether oxygens (including phenoxy) is 1. The maximum atomic E-state index is 14.0. The highest BCUT2D eigenvalue weighted by Gasteiger charge is 2.25. The highest BCUT2D eigenvalue weighted by molar-refractivity contribution is 5.83. The Kier molecular flexibility index (Phi) is 3.71. The van der Waals surface area contributed by atoms with Crippen molar-refractivity contribution in [3.63, 3.8) is 0 Å². The number of rotatable bonds is 3. The number of fused-ring (bicyclic) bond motifs is 1. The maximum Gasteiger partial charge on any atom is 0.345 e. The monoisotopic (exact) mass is 258 g/mol. The molecule has 0 radical (unpaired) electrons. The van der Waals surface area contributed by atoms with Crippen LogP contribution in [0.1, 0.15) is 24.4 Å². The predicted molar refractivity (Wildman–Crippen MR) is 66.9 cm³/mol. The average molecular weight is 258 g/mol. The minimum Gasteiger partial charge on any atom is -0.464 e. The molecule has 96 valence electrons. The summed E-state index contributed by atoms with van der Waals surface area (Å²) in [6.07, 6.45) is -1.99. The van der Waals surface area contributed by atoms with E-state index in [1.165, 1.54) is 6.07 Å². The van der Waals surface area contributed by atoms with Gasteiger partial charge in [-0.25, -0.2) is 14.2 Å². The van der Waals surface area contributed by atoms with E-state index in [0.717, 1.165) is 0 Å². The molecule has 1 atom stereocenters. The van der Waals surface area contributed by atoms with Gasteiger partial charge in [-0.15, -0.1) is 0 Å². The van der Waals surface area contributed by atoms with Crippen molar-refractivity contribution >= 4 is 16.9 Å². The molecule has 1 aromatic heterocycles. The van der Waals surface area contributed by atoms with Gasteiger partial charge < -0.3 is 4.74 Å². The van der Waals surface area contributed by atoms with Crippen molar-refractivity contribution in [3.8, 4) is 6.07 Å². The van der Waals surface area contributed by atoms with Gasteiger partial charge in [-0.2, -0.15) is 5.26 Å². The second-order valence-corrected chi connectivity index (χ2v) is 3.85. The molecule has 0 amide bonds. The zero-order valence-electron chi connectivity index (χ0n) is 10.3. The lowest BCUT2D eigenvalue weighted by Crippen LogP contribution is -2.13. The quantitative estimate of drug-likeness (QED) is 0.794. The molecular weight excluding hydrogens is 247 g/mol. The first kappa shape index (κ1) is 13.0. The molecule has 0 spiro atoms. The molecule has 0 bridgehead atoms. The second kappa shape index (κ2) is 5.44. The van der Waals surface area contributed by atoms with Gasteiger partial charge >= 0.3 is 5.97 Å². The summed E-state index contributed by atoms with van der Waals surface area (Å²) in [4.78, 5) is 15.5. The molecule has 0 aliphatic carbocycles. The molecule has 0 saturated heterocycles. The Bertz CT molecular complexity index is 664. The summed E-state index contributed by atoms with van der Waals surface area (Å²) in [5.74, 6) is -1.00. The lowest BCUT2D eigenvalue weighted by atomic mass is 10.1. The molecule has 19 heavy (non-hydrogen) atoms. The van der Waals surface area contributed by atoms with E-state index in [2.05, 4.69) is 9.72 Å². The third kappa shape index (κ3) is 2.52. The van der Waals surface area contributed by atoms with Gasteiger partial charge in [0.25, 0.3) is 0 Å². The zero-order valence-corrected chi connectivity index (χ0v) is 10.3. The summed E-state index contributed by atoms with van der Waals surface area (Å²) in [5.41, 5.74) is 0.428. The fraction of sp³-hybridized carbons (Fsp3) is 0.214. The Morgan fingerprint density at radius 1 is 1.53 bits per heavy atom. The zero-order chi connectivity index (χ0) is 13.8. The van der Waals surface area contributed by atoms with Gasteiger partial charge in [0.2, 0.25) is 6.17 Å². The Hall–Kier alpha value is -2.48. The van der Waals surface area contributed by atoms with E-state index in [4.69, 9.17) is 5.26 Å². The molecule has 4 nitrogen and oxygen atoms in total. The van der Waals surface area contributed by atoms with E-state index >= 15 is 0 Å². The third-order valence-corrected chi connectivity index (χ3v) is 2.63. The number of nitriles is 1. The average Bonchev–Trinajstić information content (AvgIpc) is 2.45. The number of nitrogens with zero attached hydrogens (tertiary/aromatic N) is 2. The number of alkyl halides is 1. The first-order valence-corrected chi connectivity index (χ1v) is 5.78. The largest absolute Gasteiger partial charge is 0.464 e. The molecule has 0 aliphatic rings. The van der Waals surface area contributed by atoms with Gasteiger partial charge in [0.15, 0.2) is 0 Å². The molecule has 1 aromatic carbocycles. The summed E-state index contributed by atoms with van der Waals surface area (Å²) in [5, 5.41) is 9.68. The van der Waals surface area contributed by atoms with Crippen LogP contribution in [0.5, 0.6) is 0 Å². The smallest absolute Gasteiger partial charge is 0.345 e. The lowest BCUT2D eigenvalue weighted by molar-refractivity contribution is -0.149. The minimum atomic E-state index is -1.99. The van der Waals surface area contributed by atoms with Gasteiger partial charge in [0.1, 0.15) is 11.8 Å². The molecule has 0 fully saturated rings. The molecule has 0 saturated carbocycles. The van der Waals surface area contributed by atoms with Crippen molar-refractivity contribution in [2.75, 3.05) is 6.61 Å². The number of benzene rings is 1. The van der Waals surface area contributed by atoms with E-state index < -0.39 is 12.1 Å². The van der Waals surface area contributed by atoms with E-state index in [1.54, 1.807) is 37.3 Å². The van der Waals surface area contributed by atoms with Gasteiger partial charge in [0, 0.05) is 10.9 Å². The summed E-state index contributed by atoms with van der Waals surface area (Å²) in [7, 11) is 0. The Labute approximate surface area is 109 Å². The molecule has 5 heteroatoms. The topological polar surface area (TPSA) is 63.0 Å². The van der Waals surface area contributed by atoms with Crippen LogP contribution in [-0.2, 0) is 9.53 Å². The van der Waals surface area contributed by atoms with Crippen molar-refractivity contribution < 1.29 is 13.9 Å². The molecule has 1 heterocycles. The minimum absolute atomic E-state index is 0.0559. The number of pyridine rings is 1. The molecule has 1 unspecified atom stereocenters. The first-order valence-electron chi connectivity index (χ1n) is 5.78. The number of halogens is 1. The normalized spacial score (nSPS) is 11.8. The first-order chi connectivity index (χ1) is 9.17. The summed E-state index contributed by atoms with van der Waals surface area (Å²) >= 11 is 0. The van der Waals surface area contributed by atoms with E-state index in [0.29, 0.717) is 10.9 Å². The standard InChI is InChI=1S/C14H11FN2O2/c1-2-19-14(18)13(15)10-7-9-5-3-4-6-11(9)17-12(10)8-16/h3-7,13H,2H2,1H3. The van der Waals surface area contributed by atoms with E-state index in [-0.39, 0.29) is 17.9 Å². The highest BCUT2D eigenvalue weighted by Crippen LogP contribution is 2.25. The lowest BCUT2D eigenvalue weighted by Gasteiger charge is -2.10. The van der Waals surface area contributed by atoms with Gasteiger partial charge in [-0.1, -0.05) is 18.2 Å². The third-order valence-electron chi connectivity index (χ3n) is 2.63. The molecule has 2 aromatic rings. The predicted octanol–water partition coefficient (Wildman–Crippen LogP) is 2.68. The van der Waals surface area contributed by atoms with Crippen molar-refractivity contribution in [2.45, 2.75) is 13.1 Å². The van der Waals surface area contributed by atoms with Crippen LogP contribution < -0.4 is 0 Å². The number of carbonyl (C=O) groups excluding carboxylic acids is 1. The van der Waals surface area contributed by atoms with Crippen LogP contribution >= 0.6 is 0 Å². The van der Waals surface area contributed by atoms with Gasteiger partial charge in [0.05, 0.1) is 12.1 Å². The van der Waals surface area contributed by atoms with Crippen LogP contribution in [0.4, 0.5) is 4.39 Å². The number of para-hydroxylation sites is 1. The Morgan fingerprint density at radius 2 is 2.26 bits per heavy atom. The molecule has 0 aliphatic heterocycles. The summed E-state index contributed by atoms with van der Waals surface area (Å²) in [6, 6.07) is 10.3. The highest BCUT2D eigenvalue weighted by atomic mass is 19.1. The van der Waals surface area contributed by atoms with E-state index in [9.17, 15) is 9.18 Å². The number of hydrogen-bond donors (Lipinski definition) is 0. The van der Waals surface area contributed by atoms with Crippen LogP contribution in [0.25, 0.3) is 10.9 Å². The number of hydrogen-bond acceptors (Lipinski definition) is 4. The van der Waals surface area contributed by atoms with Crippen molar-refractivity contribution in [3.05, 3.63) is 41.6 Å². The van der Waals surface area contributed by atoms with Gasteiger partial charge in [-0.3, -0.25) is 0 Å². The summed E-state index contributed by atoms with van der Waals surface area (Å²) in [6.45, 7) is 1.68. The van der Waals surface area contributed by atoms with Gasteiger partial charge in [-0.05, 0) is 19.1 Å². The Morgan fingerprint density at radius 3 is 2.95 bits per heavy atom. The van der Waals surface area contributed by atoms with Crippen molar-refractivity contribution in [1.29, 1.82) is 5.26 Å². The number of aromatic nitrogens is 1. The van der Waals surface area contributed by atoms with Crippen LogP contribution in [0.3, 0.4) is 0 Å². The van der Waals surface area contributed by atoms with E-state index in [1.807, 2.05) is 0 Å². The van der Waals surface area contributed by atoms with Crippen molar-refractivity contribution in [1.82, 2.24) is 4.98 Å². The van der Waals surface area contributed by atoms with Crippen LogP contribution in [0, 0.1) is 11.3 Å². The molecular formula is C14H11FN2O2. The SMILES string of the molecule is CCOC(=O)C(F)c1cc2ccccc2nc1C#N. The number of esters is 1. The number of carbonyl (C=O) groups is 1. The fourth-order valence-corrected chi connectivity index (χ4v) is 1.76. The Balaban J connectivity index is 2.52. The van der Waals surface area contributed by atoms with Crippen LogP contribution in [0.15, 0.2) is 30.3 Å². The molecule has 2 rings (SSSR count). The van der Waals surface area contributed by atoms with Crippen LogP contribution in [-0.4, -0.2) is 17.6 Å². The molecule has 0 N–H and O–H groups in total. The fourth-order valence-electron chi connectivity index (χ4n) is 1.76. The van der Waals surface area contributed by atoms with Crippen molar-refractivity contribution in [2.24, 2.45) is 0 Å². The summed E-state index contributed by atoms with van der Waals surface area (Å²) < 4.78 is 18.6. The second-order valence-electron chi connectivity index (χ2n) is 3.85. The van der Waals surface area contributed by atoms with Crippen LogP contribution in [0.2, 0.25) is 0 Å².